The third kappa shape index (κ3) is 4.94. The predicted octanol–water partition coefficient (Wildman–Crippen LogP) is 6.03. The summed E-state index contributed by atoms with van der Waals surface area (Å²) in [5.41, 5.74) is 2.79. The van der Waals surface area contributed by atoms with E-state index >= 15 is 0 Å². The van der Waals surface area contributed by atoms with Crippen LogP contribution in [0.4, 0.5) is 0 Å². The maximum atomic E-state index is 12.2. The molecule has 0 bridgehead atoms. The summed E-state index contributed by atoms with van der Waals surface area (Å²) in [6.45, 7) is 0.421. The van der Waals surface area contributed by atoms with Crippen molar-refractivity contribution in [2.45, 2.75) is 6.61 Å². The van der Waals surface area contributed by atoms with Crippen molar-refractivity contribution in [3.05, 3.63) is 105 Å². The minimum Gasteiger partial charge on any atom is -0.489 e. The summed E-state index contributed by atoms with van der Waals surface area (Å²) in [5, 5.41) is 0.689. The van der Waals surface area contributed by atoms with Crippen molar-refractivity contribution >= 4 is 45.5 Å². The molecule has 0 fully saturated rings. The number of carbonyl (C=O) groups is 1. The zero-order valence-corrected chi connectivity index (χ0v) is 17.5. The number of nitrogens with zero attached hydrogens (tertiary/aromatic N) is 1. The van der Waals surface area contributed by atoms with Crippen molar-refractivity contribution in [3.8, 4) is 5.75 Å². The second kappa shape index (κ2) is 8.64. The predicted molar refractivity (Wildman–Crippen MR) is 117 cm³/mol. The van der Waals surface area contributed by atoms with Gasteiger partial charge in [0.1, 0.15) is 12.4 Å². The smallest absolute Gasteiger partial charge is 0.363 e. The average Bonchev–Trinajstić information content (AvgIpc) is 3.08. The molecule has 6 heteroatoms. The molecule has 3 aromatic carbocycles. The minimum atomic E-state index is -0.479. The van der Waals surface area contributed by atoms with Gasteiger partial charge in [-0.1, -0.05) is 57.9 Å². The van der Waals surface area contributed by atoms with Gasteiger partial charge in [-0.15, -0.1) is 0 Å². The summed E-state index contributed by atoms with van der Waals surface area (Å²) in [5.74, 6) is 0.502. The largest absolute Gasteiger partial charge is 0.489 e. The van der Waals surface area contributed by atoms with Gasteiger partial charge in [-0.25, -0.2) is 9.79 Å². The second-order valence-electron chi connectivity index (χ2n) is 6.33. The number of hydrogen-bond donors (Lipinski definition) is 0. The first-order valence-electron chi connectivity index (χ1n) is 8.83. The molecular formula is C23H15BrClNO3. The fraction of sp³-hybridized carbons (Fsp3) is 0.0435. The number of ether oxygens (including phenoxy) is 2. The van der Waals surface area contributed by atoms with Gasteiger partial charge in [-0.2, -0.15) is 0 Å². The Bertz CT molecular complexity index is 1120. The molecule has 144 valence electrons. The second-order valence-corrected chi connectivity index (χ2v) is 7.69. The Morgan fingerprint density at radius 1 is 1.03 bits per heavy atom. The average molecular weight is 469 g/mol. The first-order valence-corrected chi connectivity index (χ1v) is 10.00. The summed E-state index contributed by atoms with van der Waals surface area (Å²) in [4.78, 5) is 16.6. The first-order chi connectivity index (χ1) is 14.1. The Morgan fingerprint density at radius 2 is 1.83 bits per heavy atom. The van der Waals surface area contributed by atoms with Crippen LogP contribution in [0.2, 0.25) is 5.02 Å². The van der Waals surface area contributed by atoms with Crippen molar-refractivity contribution in [1.82, 2.24) is 0 Å². The van der Waals surface area contributed by atoms with Crippen LogP contribution in [0.15, 0.2) is 88.0 Å². The maximum absolute atomic E-state index is 12.2. The number of hydrogen-bond acceptors (Lipinski definition) is 4. The number of rotatable bonds is 5. The van der Waals surface area contributed by atoms with Gasteiger partial charge in [0.15, 0.2) is 5.70 Å². The van der Waals surface area contributed by atoms with Crippen molar-refractivity contribution < 1.29 is 14.3 Å². The molecule has 1 heterocycles. The Hall–Kier alpha value is -2.89. The van der Waals surface area contributed by atoms with Gasteiger partial charge in [-0.3, -0.25) is 0 Å². The molecule has 0 N–H and O–H groups in total. The highest BCUT2D eigenvalue weighted by Gasteiger charge is 2.24. The molecule has 0 aromatic heterocycles. The molecule has 0 aliphatic carbocycles. The Kier molecular flexibility index (Phi) is 5.79. The molecular weight excluding hydrogens is 454 g/mol. The van der Waals surface area contributed by atoms with E-state index in [2.05, 4.69) is 20.9 Å². The van der Waals surface area contributed by atoms with E-state index < -0.39 is 5.97 Å². The fourth-order valence-electron chi connectivity index (χ4n) is 2.75. The van der Waals surface area contributed by atoms with Crippen LogP contribution in [0.1, 0.15) is 16.7 Å². The van der Waals surface area contributed by atoms with E-state index in [1.807, 2.05) is 72.8 Å². The summed E-state index contributed by atoms with van der Waals surface area (Å²) in [6, 6.07) is 22.4. The van der Waals surface area contributed by atoms with Crippen LogP contribution in [0.25, 0.3) is 6.08 Å². The molecule has 0 saturated heterocycles. The van der Waals surface area contributed by atoms with Crippen LogP contribution in [0.3, 0.4) is 0 Å². The monoisotopic (exact) mass is 467 g/mol. The lowest BCUT2D eigenvalue weighted by Gasteiger charge is -2.07. The number of aliphatic imine (C=N–C) groups is 1. The van der Waals surface area contributed by atoms with Gasteiger partial charge in [0.25, 0.3) is 0 Å². The molecule has 1 aliphatic rings. The van der Waals surface area contributed by atoms with Crippen molar-refractivity contribution in [2.24, 2.45) is 4.99 Å². The van der Waals surface area contributed by atoms with Crippen LogP contribution >= 0.6 is 27.5 Å². The summed E-state index contributed by atoms with van der Waals surface area (Å²) >= 11 is 9.31. The van der Waals surface area contributed by atoms with Gasteiger partial charge in [0, 0.05) is 15.1 Å². The fourth-order valence-corrected chi connectivity index (χ4v) is 3.28. The third-order valence-electron chi connectivity index (χ3n) is 4.17. The molecule has 29 heavy (non-hydrogen) atoms. The number of benzene rings is 3. The Balaban J connectivity index is 1.51. The highest BCUT2D eigenvalue weighted by Crippen LogP contribution is 2.23. The number of halogens is 2. The number of carbonyl (C=O) groups excluding carboxylic acids is 1. The van der Waals surface area contributed by atoms with Gasteiger partial charge >= 0.3 is 5.97 Å². The van der Waals surface area contributed by atoms with Crippen LogP contribution < -0.4 is 4.74 Å². The van der Waals surface area contributed by atoms with Crippen LogP contribution in [0, 0.1) is 0 Å². The van der Waals surface area contributed by atoms with E-state index in [0.29, 0.717) is 17.4 Å². The van der Waals surface area contributed by atoms with Gasteiger partial charge in [0.05, 0.1) is 0 Å². The van der Waals surface area contributed by atoms with Crippen LogP contribution in [0.5, 0.6) is 5.75 Å². The minimum absolute atomic E-state index is 0.245. The lowest BCUT2D eigenvalue weighted by atomic mass is 10.2. The highest BCUT2D eigenvalue weighted by atomic mass is 79.9. The Morgan fingerprint density at radius 3 is 2.62 bits per heavy atom. The van der Waals surface area contributed by atoms with Crippen molar-refractivity contribution in [1.29, 1.82) is 0 Å². The summed E-state index contributed by atoms with van der Waals surface area (Å²) in [6.07, 6.45) is 1.68. The van der Waals surface area contributed by atoms with E-state index in [1.54, 1.807) is 6.08 Å². The molecule has 0 amide bonds. The van der Waals surface area contributed by atoms with E-state index in [9.17, 15) is 4.79 Å². The number of cyclic esters (lactones) is 1. The summed E-state index contributed by atoms with van der Waals surface area (Å²) < 4.78 is 12.0. The molecule has 0 spiro atoms. The quantitative estimate of drug-likeness (QED) is 0.339. The van der Waals surface area contributed by atoms with Gasteiger partial charge < -0.3 is 9.47 Å². The molecule has 4 nitrogen and oxygen atoms in total. The van der Waals surface area contributed by atoms with Crippen LogP contribution in [-0.2, 0) is 16.1 Å². The molecule has 0 radical (unpaired) electrons. The SMILES string of the molecule is O=C1OC(c2cccc(Br)c2)=N/C1=C/c1cccc(OCc2ccc(Cl)cc2)c1. The van der Waals surface area contributed by atoms with Crippen LogP contribution in [-0.4, -0.2) is 11.9 Å². The molecule has 0 unspecified atom stereocenters. The third-order valence-corrected chi connectivity index (χ3v) is 4.92. The highest BCUT2D eigenvalue weighted by molar-refractivity contribution is 9.10. The Labute approximate surface area is 181 Å². The number of esters is 1. The standard InChI is InChI=1S/C23H15BrClNO3/c24-18-5-2-4-17(13-18)22-26-21(23(27)29-22)12-16-3-1-6-20(11-16)28-14-15-7-9-19(25)10-8-15/h1-13H,14H2/b21-12+. The van der Waals surface area contributed by atoms with E-state index in [4.69, 9.17) is 21.1 Å². The molecule has 1 aliphatic heterocycles. The van der Waals surface area contributed by atoms with Crippen molar-refractivity contribution in [2.75, 3.05) is 0 Å². The van der Waals surface area contributed by atoms with E-state index in [0.717, 1.165) is 21.2 Å². The van der Waals surface area contributed by atoms with Crippen molar-refractivity contribution in [3.63, 3.8) is 0 Å². The van der Waals surface area contributed by atoms with Gasteiger partial charge in [-0.05, 0) is 59.7 Å². The molecule has 0 atom stereocenters. The lowest BCUT2D eigenvalue weighted by molar-refractivity contribution is -0.129. The molecule has 4 rings (SSSR count). The molecule has 3 aromatic rings. The van der Waals surface area contributed by atoms with E-state index in [-0.39, 0.29) is 11.6 Å². The maximum Gasteiger partial charge on any atom is 0.363 e. The zero-order valence-electron chi connectivity index (χ0n) is 15.1. The van der Waals surface area contributed by atoms with Gasteiger partial charge in [0.2, 0.25) is 5.90 Å². The first kappa shape index (κ1) is 19.4. The zero-order chi connectivity index (χ0) is 20.2. The topological polar surface area (TPSA) is 47.9 Å². The lowest BCUT2D eigenvalue weighted by Crippen LogP contribution is -2.05. The molecule has 0 saturated carbocycles. The van der Waals surface area contributed by atoms with E-state index in [1.165, 1.54) is 0 Å². The summed E-state index contributed by atoms with van der Waals surface area (Å²) in [7, 11) is 0. The normalized spacial score (nSPS) is 14.6.